The van der Waals surface area contributed by atoms with Gasteiger partial charge in [0.1, 0.15) is 5.75 Å². The van der Waals surface area contributed by atoms with E-state index in [1.165, 1.54) is 42.9 Å². The Bertz CT molecular complexity index is 562. The molecule has 0 spiro atoms. The lowest BCUT2D eigenvalue weighted by molar-refractivity contribution is 0.235. The number of likely N-dealkylation sites (tertiary alicyclic amines) is 1. The topological polar surface area (TPSA) is 23.5 Å². The van der Waals surface area contributed by atoms with E-state index in [9.17, 15) is 5.11 Å². The molecule has 0 saturated carbocycles. The molecule has 116 valence electrons. The van der Waals surface area contributed by atoms with Crippen LogP contribution in [0, 0.1) is 0 Å². The van der Waals surface area contributed by atoms with Crippen LogP contribution in [0.5, 0.6) is 5.75 Å². The van der Waals surface area contributed by atoms with Crippen LogP contribution < -0.4 is 0 Å². The molecule has 22 heavy (non-hydrogen) atoms. The highest BCUT2D eigenvalue weighted by Gasteiger charge is 2.19. The molecule has 2 aromatic carbocycles. The van der Waals surface area contributed by atoms with Gasteiger partial charge in [-0.2, -0.15) is 0 Å². The first-order chi connectivity index (χ1) is 10.8. The summed E-state index contributed by atoms with van der Waals surface area (Å²) in [6.07, 6.45) is 3.65. The maximum absolute atomic E-state index is 9.33. The predicted molar refractivity (Wildman–Crippen MR) is 93.6 cm³/mol. The van der Waals surface area contributed by atoms with E-state index in [2.05, 4.69) is 35.2 Å². The molecule has 1 N–H and O–H groups in total. The van der Waals surface area contributed by atoms with Crippen molar-refractivity contribution in [3.63, 3.8) is 0 Å². The molecule has 2 aromatic rings. The van der Waals surface area contributed by atoms with Crippen molar-refractivity contribution in [1.82, 2.24) is 4.90 Å². The Labute approximate surface area is 137 Å². The number of hydrogen-bond donors (Lipinski definition) is 1. The zero-order valence-corrected chi connectivity index (χ0v) is 13.6. The standard InChI is InChI=1S/C19H23NOS/c21-17-6-8-18(9-7-17)22-19-11-14-20(15-12-19)13-10-16-4-2-1-3-5-16/h1-9,19,21H,10-15H2. The summed E-state index contributed by atoms with van der Waals surface area (Å²) < 4.78 is 0. The molecule has 0 amide bonds. The number of phenolic OH excluding ortho intramolecular Hbond substituents is 1. The zero-order valence-electron chi connectivity index (χ0n) is 12.8. The second kappa shape index (κ2) is 7.70. The van der Waals surface area contributed by atoms with Crippen LogP contribution in [0.3, 0.4) is 0 Å². The van der Waals surface area contributed by atoms with Crippen molar-refractivity contribution in [3.05, 3.63) is 60.2 Å². The fourth-order valence-electron chi connectivity index (χ4n) is 2.90. The third-order valence-corrected chi connectivity index (χ3v) is 5.58. The fraction of sp³-hybridized carbons (Fsp3) is 0.368. The molecule has 2 nitrogen and oxygen atoms in total. The van der Waals surface area contributed by atoms with Crippen LogP contribution in [-0.2, 0) is 6.42 Å². The number of thioether (sulfide) groups is 1. The van der Waals surface area contributed by atoms with E-state index in [-0.39, 0.29) is 0 Å². The van der Waals surface area contributed by atoms with Gasteiger partial charge in [0.15, 0.2) is 0 Å². The van der Waals surface area contributed by atoms with Crippen LogP contribution in [0.15, 0.2) is 59.5 Å². The Morgan fingerprint density at radius 1 is 0.955 bits per heavy atom. The van der Waals surface area contributed by atoms with Crippen LogP contribution in [-0.4, -0.2) is 34.9 Å². The lowest BCUT2D eigenvalue weighted by Crippen LogP contribution is -2.36. The second-order valence-electron chi connectivity index (χ2n) is 5.89. The van der Waals surface area contributed by atoms with E-state index in [0.717, 1.165) is 6.42 Å². The van der Waals surface area contributed by atoms with Crippen molar-refractivity contribution in [2.24, 2.45) is 0 Å². The molecule has 0 aromatic heterocycles. The molecular formula is C19H23NOS. The molecule has 0 bridgehead atoms. The maximum Gasteiger partial charge on any atom is 0.115 e. The van der Waals surface area contributed by atoms with Crippen LogP contribution in [0.4, 0.5) is 0 Å². The van der Waals surface area contributed by atoms with Crippen molar-refractivity contribution in [2.45, 2.75) is 29.4 Å². The number of phenols is 1. The summed E-state index contributed by atoms with van der Waals surface area (Å²) in [4.78, 5) is 3.85. The summed E-state index contributed by atoms with van der Waals surface area (Å²) in [5.74, 6) is 0.347. The largest absolute Gasteiger partial charge is 0.508 e. The van der Waals surface area contributed by atoms with Crippen LogP contribution in [0.1, 0.15) is 18.4 Å². The molecule has 3 heteroatoms. The number of rotatable bonds is 5. The van der Waals surface area contributed by atoms with Gasteiger partial charge in [-0.15, -0.1) is 11.8 Å². The van der Waals surface area contributed by atoms with Gasteiger partial charge in [0.2, 0.25) is 0 Å². The van der Waals surface area contributed by atoms with Crippen LogP contribution in [0.2, 0.25) is 0 Å². The Hall–Kier alpha value is -1.45. The third kappa shape index (κ3) is 4.52. The van der Waals surface area contributed by atoms with Crippen molar-refractivity contribution in [3.8, 4) is 5.75 Å². The van der Waals surface area contributed by atoms with E-state index < -0.39 is 0 Å². The summed E-state index contributed by atoms with van der Waals surface area (Å²) in [5, 5.41) is 10.0. The van der Waals surface area contributed by atoms with Gasteiger partial charge in [-0.3, -0.25) is 0 Å². The Kier molecular flexibility index (Phi) is 5.41. The minimum Gasteiger partial charge on any atom is -0.508 e. The minimum atomic E-state index is 0.347. The SMILES string of the molecule is Oc1ccc(SC2CCN(CCc3ccccc3)CC2)cc1. The van der Waals surface area contributed by atoms with Gasteiger partial charge < -0.3 is 10.0 Å². The molecule has 0 radical (unpaired) electrons. The molecule has 1 aliphatic rings. The normalized spacial score (nSPS) is 16.7. The van der Waals surface area contributed by atoms with E-state index in [4.69, 9.17) is 0 Å². The van der Waals surface area contributed by atoms with E-state index in [0.29, 0.717) is 11.0 Å². The average Bonchev–Trinajstić information content (AvgIpc) is 2.57. The van der Waals surface area contributed by atoms with Crippen molar-refractivity contribution in [2.75, 3.05) is 19.6 Å². The first kappa shape index (κ1) is 15.4. The molecule has 0 atom stereocenters. The minimum absolute atomic E-state index is 0.347. The summed E-state index contributed by atoms with van der Waals surface area (Å²) in [6.45, 7) is 3.56. The number of aromatic hydroxyl groups is 1. The summed E-state index contributed by atoms with van der Waals surface area (Å²) in [5.41, 5.74) is 1.43. The highest BCUT2D eigenvalue weighted by Crippen LogP contribution is 2.31. The third-order valence-electron chi connectivity index (χ3n) is 4.23. The molecule has 1 saturated heterocycles. The molecule has 1 fully saturated rings. The Morgan fingerprint density at radius 3 is 2.32 bits per heavy atom. The number of piperidine rings is 1. The lowest BCUT2D eigenvalue weighted by atomic mass is 10.1. The summed E-state index contributed by atoms with van der Waals surface area (Å²) >= 11 is 1.95. The Balaban J connectivity index is 1.41. The number of hydrogen-bond acceptors (Lipinski definition) is 3. The average molecular weight is 313 g/mol. The molecule has 1 aliphatic heterocycles. The first-order valence-electron chi connectivity index (χ1n) is 8.01. The van der Waals surface area contributed by atoms with Gasteiger partial charge in [-0.05, 0) is 62.2 Å². The lowest BCUT2D eigenvalue weighted by Gasteiger charge is -2.31. The van der Waals surface area contributed by atoms with E-state index in [1.807, 2.05) is 23.9 Å². The molecular weight excluding hydrogens is 290 g/mol. The maximum atomic E-state index is 9.33. The summed E-state index contributed by atoms with van der Waals surface area (Å²) in [6, 6.07) is 18.3. The van der Waals surface area contributed by atoms with Gasteiger partial charge in [0.25, 0.3) is 0 Å². The number of nitrogens with zero attached hydrogens (tertiary/aromatic N) is 1. The molecule has 0 unspecified atom stereocenters. The first-order valence-corrected chi connectivity index (χ1v) is 8.89. The zero-order chi connectivity index (χ0) is 15.2. The second-order valence-corrected chi connectivity index (χ2v) is 7.26. The van der Waals surface area contributed by atoms with Crippen molar-refractivity contribution < 1.29 is 5.11 Å². The number of benzene rings is 2. The fourth-order valence-corrected chi connectivity index (χ4v) is 4.02. The van der Waals surface area contributed by atoms with E-state index in [1.54, 1.807) is 12.1 Å². The van der Waals surface area contributed by atoms with Crippen molar-refractivity contribution in [1.29, 1.82) is 0 Å². The predicted octanol–water partition coefficient (Wildman–Crippen LogP) is 4.19. The van der Waals surface area contributed by atoms with Gasteiger partial charge in [-0.25, -0.2) is 0 Å². The Morgan fingerprint density at radius 2 is 1.64 bits per heavy atom. The van der Waals surface area contributed by atoms with Gasteiger partial charge >= 0.3 is 0 Å². The van der Waals surface area contributed by atoms with E-state index >= 15 is 0 Å². The molecule has 1 heterocycles. The highest BCUT2D eigenvalue weighted by molar-refractivity contribution is 8.00. The smallest absolute Gasteiger partial charge is 0.115 e. The summed E-state index contributed by atoms with van der Waals surface area (Å²) in [7, 11) is 0. The van der Waals surface area contributed by atoms with Gasteiger partial charge in [-0.1, -0.05) is 30.3 Å². The highest BCUT2D eigenvalue weighted by atomic mass is 32.2. The quantitative estimate of drug-likeness (QED) is 0.895. The van der Waals surface area contributed by atoms with Crippen LogP contribution in [0.25, 0.3) is 0 Å². The van der Waals surface area contributed by atoms with Crippen LogP contribution >= 0.6 is 11.8 Å². The molecule has 0 aliphatic carbocycles. The van der Waals surface area contributed by atoms with Gasteiger partial charge in [0, 0.05) is 16.7 Å². The van der Waals surface area contributed by atoms with Gasteiger partial charge in [0.05, 0.1) is 0 Å². The van der Waals surface area contributed by atoms with Crippen molar-refractivity contribution >= 4 is 11.8 Å². The molecule has 3 rings (SSSR count). The monoisotopic (exact) mass is 313 g/mol.